The Morgan fingerprint density at radius 3 is 2.95 bits per heavy atom. The van der Waals surface area contributed by atoms with Crippen LogP contribution in [0.25, 0.3) is 0 Å². The zero-order chi connectivity index (χ0) is 16.1. The van der Waals surface area contributed by atoms with E-state index in [2.05, 4.69) is 26.7 Å². The van der Waals surface area contributed by atoms with Gasteiger partial charge in [0.1, 0.15) is 0 Å². The van der Waals surface area contributed by atoms with Crippen LogP contribution in [0.4, 0.5) is 0 Å². The highest BCUT2D eigenvalue weighted by atomic mass is 79.9. The van der Waals surface area contributed by atoms with Gasteiger partial charge in [-0.05, 0) is 44.0 Å². The second-order valence-corrected chi connectivity index (χ2v) is 8.12. The first-order valence-electron chi connectivity index (χ1n) is 7.29. The maximum absolute atomic E-state index is 11.7. The minimum atomic E-state index is -0.336. The standard InChI is InChI=1S/C16H22BrNO3S/c1-21-16(20)12-8-13(17)10-15(9-12)22(2)11-18-6-3-4-14(19)5-7-18/h8-10,14,19H,2-7,11H2,1H3. The molecule has 1 fully saturated rings. The Bertz CT molecular complexity index is 564. The number of aliphatic hydroxyl groups excluding tert-OH is 1. The first kappa shape index (κ1) is 17.7. The molecule has 1 aliphatic heterocycles. The normalized spacial score (nSPS) is 21.1. The molecule has 2 rings (SSSR count). The number of aliphatic hydroxyl groups is 1. The number of rotatable bonds is 4. The molecule has 0 amide bonds. The van der Waals surface area contributed by atoms with Crippen molar-refractivity contribution in [3.05, 3.63) is 28.2 Å². The van der Waals surface area contributed by atoms with Gasteiger partial charge in [-0.15, -0.1) is 10.5 Å². The summed E-state index contributed by atoms with van der Waals surface area (Å²) in [6.07, 6.45) is 2.55. The molecule has 2 atom stereocenters. The van der Waals surface area contributed by atoms with Crippen LogP contribution in [0.5, 0.6) is 0 Å². The molecule has 0 aliphatic carbocycles. The van der Waals surface area contributed by atoms with Crippen molar-refractivity contribution in [2.24, 2.45) is 0 Å². The van der Waals surface area contributed by atoms with E-state index in [0.29, 0.717) is 5.56 Å². The highest BCUT2D eigenvalue weighted by molar-refractivity contribution is 9.10. The Labute approximate surface area is 142 Å². The van der Waals surface area contributed by atoms with Gasteiger partial charge in [0.25, 0.3) is 0 Å². The Morgan fingerprint density at radius 2 is 2.23 bits per heavy atom. The molecule has 0 radical (unpaired) electrons. The van der Waals surface area contributed by atoms with Crippen molar-refractivity contribution in [1.82, 2.24) is 4.90 Å². The monoisotopic (exact) mass is 387 g/mol. The third-order valence-electron chi connectivity index (χ3n) is 3.75. The second-order valence-electron chi connectivity index (χ2n) is 5.49. The van der Waals surface area contributed by atoms with Gasteiger partial charge in [0.2, 0.25) is 0 Å². The molecular formula is C16H22BrNO3S. The molecule has 122 valence electrons. The summed E-state index contributed by atoms with van der Waals surface area (Å²) < 4.78 is 5.65. The van der Waals surface area contributed by atoms with Crippen LogP contribution in [-0.4, -0.2) is 54.0 Å². The van der Waals surface area contributed by atoms with Crippen LogP contribution in [0, 0.1) is 0 Å². The number of halogens is 1. The molecule has 1 N–H and O–H groups in total. The van der Waals surface area contributed by atoms with Crippen LogP contribution in [-0.2, 0) is 4.74 Å². The predicted octanol–water partition coefficient (Wildman–Crippen LogP) is 3.10. The maximum atomic E-state index is 11.7. The Balaban J connectivity index is 2.08. The number of benzene rings is 1. The molecule has 0 saturated carbocycles. The summed E-state index contributed by atoms with van der Waals surface area (Å²) in [4.78, 5) is 15.1. The molecule has 1 aliphatic rings. The fourth-order valence-corrected chi connectivity index (χ4v) is 4.61. The first-order chi connectivity index (χ1) is 10.5. The van der Waals surface area contributed by atoms with Gasteiger partial charge >= 0.3 is 5.97 Å². The summed E-state index contributed by atoms with van der Waals surface area (Å²) in [6.45, 7) is 1.89. The summed E-state index contributed by atoms with van der Waals surface area (Å²) in [7, 11) is 1.15. The van der Waals surface area contributed by atoms with Crippen molar-refractivity contribution in [2.45, 2.75) is 30.3 Å². The highest BCUT2D eigenvalue weighted by Crippen LogP contribution is 2.30. The van der Waals surface area contributed by atoms with E-state index in [-0.39, 0.29) is 22.6 Å². The first-order valence-corrected chi connectivity index (χ1v) is 9.65. The fourth-order valence-electron chi connectivity index (χ4n) is 2.53. The third kappa shape index (κ3) is 4.91. The molecule has 2 unspecified atom stereocenters. The van der Waals surface area contributed by atoms with E-state index in [1.54, 1.807) is 6.07 Å². The molecule has 6 heteroatoms. The van der Waals surface area contributed by atoms with Gasteiger partial charge in [0, 0.05) is 21.8 Å². The Kier molecular flexibility index (Phi) is 6.62. The number of ether oxygens (including phenoxy) is 1. The zero-order valence-electron chi connectivity index (χ0n) is 12.8. The summed E-state index contributed by atoms with van der Waals surface area (Å²) in [5, 5.41) is 9.72. The van der Waals surface area contributed by atoms with Crippen molar-refractivity contribution in [3.63, 3.8) is 0 Å². The van der Waals surface area contributed by atoms with Gasteiger partial charge in [-0.1, -0.05) is 21.8 Å². The number of hydrogen-bond acceptors (Lipinski definition) is 4. The number of nitrogens with zero attached hydrogens (tertiary/aromatic N) is 1. The van der Waals surface area contributed by atoms with Crippen LogP contribution in [0.1, 0.15) is 29.6 Å². The van der Waals surface area contributed by atoms with E-state index < -0.39 is 0 Å². The molecule has 1 aromatic carbocycles. The van der Waals surface area contributed by atoms with Gasteiger partial charge in [-0.3, -0.25) is 4.90 Å². The van der Waals surface area contributed by atoms with Gasteiger partial charge in [-0.25, -0.2) is 4.79 Å². The lowest BCUT2D eigenvalue weighted by Gasteiger charge is -2.22. The van der Waals surface area contributed by atoms with Crippen molar-refractivity contribution in [3.8, 4) is 0 Å². The number of esters is 1. The number of carbonyl (C=O) groups excluding carboxylic acids is 1. The van der Waals surface area contributed by atoms with Crippen LogP contribution < -0.4 is 0 Å². The largest absolute Gasteiger partial charge is 0.465 e. The predicted molar refractivity (Wildman–Crippen MR) is 94.8 cm³/mol. The molecule has 0 spiro atoms. The van der Waals surface area contributed by atoms with Crippen LogP contribution in [0.2, 0.25) is 0 Å². The molecule has 4 nitrogen and oxygen atoms in total. The molecule has 22 heavy (non-hydrogen) atoms. The molecule has 1 heterocycles. The number of carbonyl (C=O) groups is 1. The van der Waals surface area contributed by atoms with E-state index in [9.17, 15) is 9.90 Å². The van der Waals surface area contributed by atoms with Crippen molar-refractivity contribution >= 4 is 38.3 Å². The van der Waals surface area contributed by atoms with Crippen molar-refractivity contribution in [2.75, 3.05) is 26.1 Å². The highest BCUT2D eigenvalue weighted by Gasteiger charge is 2.16. The number of likely N-dealkylation sites (tertiary alicyclic amines) is 1. The topological polar surface area (TPSA) is 49.8 Å². The quantitative estimate of drug-likeness (QED) is 0.636. The van der Waals surface area contributed by atoms with Crippen molar-refractivity contribution < 1.29 is 14.6 Å². The molecule has 1 aromatic rings. The lowest BCUT2D eigenvalue weighted by atomic mass is 10.2. The Hall–Kier alpha value is -0.690. The summed E-state index contributed by atoms with van der Waals surface area (Å²) in [6, 6.07) is 5.63. The van der Waals surface area contributed by atoms with Gasteiger partial charge in [0.05, 0.1) is 18.8 Å². The summed E-state index contributed by atoms with van der Waals surface area (Å²) in [5.41, 5.74) is 0.541. The van der Waals surface area contributed by atoms with E-state index in [4.69, 9.17) is 4.74 Å². The fraction of sp³-hybridized carbons (Fsp3) is 0.500. The summed E-state index contributed by atoms with van der Waals surface area (Å²) in [5.74, 6) is 4.79. The minimum Gasteiger partial charge on any atom is -0.465 e. The van der Waals surface area contributed by atoms with E-state index >= 15 is 0 Å². The summed E-state index contributed by atoms with van der Waals surface area (Å²) >= 11 is 3.45. The Morgan fingerprint density at radius 1 is 1.45 bits per heavy atom. The lowest BCUT2D eigenvalue weighted by molar-refractivity contribution is 0.0600. The van der Waals surface area contributed by atoms with Crippen LogP contribution >= 0.6 is 26.4 Å². The number of methoxy groups -OCH3 is 1. The van der Waals surface area contributed by atoms with Gasteiger partial charge < -0.3 is 9.84 Å². The van der Waals surface area contributed by atoms with Crippen LogP contribution in [0.3, 0.4) is 0 Å². The van der Waals surface area contributed by atoms with E-state index in [1.807, 2.05) is 12.1 Å². The second kappa shape index (κ2) is 8.24. The molecular weight excluding hydrogens is 366 g/mol. The smallest absolute Gasteiger partial charge is 0.337 e. The zero-order valence-corrected chi connectivity index (χ0v) is 15.2. The van der Waals surface area contributed by atoms with E-state index in [0.717, 1.165) is 47.6 Å². The van der Waals surface area contributed by atoms with Gasteiger partial charge in [0.15, 0.2) is 0 Å². The lowest BCUT2D eigenvalue weighted by Crippen LogP contribution is -2.25. The SMILES string of the molecule is C=S(CN1CCCC(O)CC1)c1cc(Br)cc(C(=O)OC)c1. The number of hydrogen-bond donors (Lipinski definition) is 1. The van der Waals surface area contributed by atoms with E-state index in [1.165, 1.54) is 7.11 Å². The maximum Gasteiger partial charge on any atom is 0.337 e. The molecule has 0 bridgehead atoms. The van der Waals surface area contributed by atoms with Gasteiger partial charge in [-0.2, -0.15) is 0 Å². The minimum absolute atomic E-state index is 0.173. The average Bonchev–Trinajstić information content (AvgIpc) is 2.70. The van der Waals surface area contributed by atoms with Crippen molar-refractivity contribution in [1.29, 1.82) is 0 Å². The average molecular weight is 388 g/mol. The molecule has 1 saturated heterocycles. The third-order valence-corrected chi connectivity index (χ3v) is 5.79. The molecule has 0 aromatic heterocycles. The van der Waals surface area contributed by atoms with Crippen LogP contribution in [0.15, 0.2) is 27.6 Å².